The van der Waals surface area contributed by atoms with Gasteiger partial charge in [0.25, 0.3) is 0 Å². The molecule has 6 heteroatoms. The molecule has 1 fully saturated rings. The van der Waals surface area contributed by atoms with Crippen LogP contribution in [0.4, 0.5) is 5.69 Å². The largest absolute Gasteiger partial charge is 0.421 e. The average Bonchev–Trinajstić information content (AvgIpc) is 3.28. The highest BCUT2D eigenvalue weighted by Crippen LogP contribution is 2.21. The number of aryl methyl sites for hydroxylation is 2. The van der Waals surface area contributed by atoms with Crippen molar-refractivity contribution >= 4 is 11.6 Å². The Bertz CT molecular complexity index is 989. The van der Waals surface area contributed by atoms with Crippen molar-refractivity contribution in [3.05, 3.63) is 65.5 Å². The number of carbonyl (C=O) groups is 1. The molecule has 6 nitrogen and oxygen atoms in total. The SMILES string of the molecule is Cc1ccc(-c2nnc(CCC(=O)N(C)Cc3ccc(N4CCCCC4)cc3)o2)cc1. The van der Waals surface area contributed by atoms with Crippen LogP contribution in [-0.2, 0) is 17.8 Å². The fourth-order valence-electron chi connectivity index (χ4n) is 3.90. The number of amides is 1. The van der Waals surface area contributed by atoms with E-state index in [0.717, 1.165) is 24.2 Å². The lowest BCUT2D eigenvalue weighted by Crippen LogP contribution is -2.29. The van der Waals surface area contributed by atoms with Gasteiger partial charge in [-0.3, -0.25) is 4.79 Å². The number of benzene rings is 2. The Morgan fingerprint density at radius 1 is 1.00 bits per heavy atom. The minimum atomic E-state index is 0.0650. The van der Waals surface area contributed by atoms with Gasteiger partial charge in [0.15, 0.2) is 0 Å². The second kappa shape index (κ2) is 9.77. The second-order valence-electron chi connectivity index (χ2n) is 8.33. The van der Waals surface area contributed by atoms with Crippen molar-refractivity contribution in [2.24, 2.45) is 0 Å². The lowest BCUT2D eigenvalue weighted by Gasteiger charge is -2.29. The molecule has 0 unspecified atom stereocenters. The van der Waals surface area contributed by atoms with Crippen LogP contribution in [0.1, 0.15) is 42.7 Å². The smallest absolute Gasteiger partial charge is 0.247 e. The number of piperidine rings is 1. The quantitative estimate of drug-likeness (QED) is 0.560. The van der Waals surface area contributed by atoms with E-state index in [9.17, 15) is 4.79 Å². The summed E-state index contributed by atoms with van der Waals surface area (Å²) in [6, 6.07) is 16.5. The van der Waals surface area contributed by atoms with Gasteiger partial charge in [-0.1, -0.05) is 29.8 Å². The van der Waals surface area contributed by atoms with Gasteiger partial charge in [-0.15, -0.1) is 10.2 Å². The number of rotatable bonds is 7. The first kappa shape index (κ1) is 21.1. The first-order valence-electron chi connectivity index (χ1n) is 11.1. The molecule has 2 heterocycles. The topological polar surface area (TPSA) is 62.5 Å². The maximum Gasteiger partial charge on any atom is 0.247 e. The van der Waals surface area contributed by atoms with Gasteiger partial charge in [-0.05, 0) is 56.0 Å². The van der Waals surface area contributed by atoms with Crippen LogP contribution in [-0.4, -0.2) is 41.1 Å². The third-order valence-corrected chi connectivity index (χ3v) is 5.82. The molecule has 1 aromatic heterocycles. The van der Waals surface area contributed by atoms with Crippen molar-refractivity contribution < 1.29 is 9.21 Å². The van der Waals surface area contributed by atoms with Crippen LogP contribution in [0.3, 0.4) is 0 Å². The van der Waals surface area contributed by atoms with E-state index < -0.39 is 0 Å². The zero-order valence-corrected chi connectivity index (χ0v) is 18.4. The Hall–Kier alpha value is -3.15. The third-order valence-electron chi connectivity index (χ3n) is 5.82. The number of carbonyl (C=O) groups excluding carboxylic acids is 1. The fraction of sp³-hybridized carbons (Fsp3) is 0.400. The van der Waals surface area contributed by atoms with Crippen molar-refractivity contribution in [2.45, 2.75) is 45.6 Å². The van der Waals surface area contributed by atoms with E-state index in [1.807, 2.05) is 38.2 Å². The van der Waals surface area contributed by atoms with Crippen molar-refractivity contribution in [3.63, 3.8) is 0 Å². The van der Waals surface area contributed by atoms with E-state index in [0.29, 0.717) is 31.2 Å². The Labute approximate surface area is 183 Å². The molecule has 0 bridgehead atoms. The van der Waals surface area contributed by atoms with Crippen LogP contribution < -0.4 is 4.90 Å². The third kappa shape index (κ3) is 5.51. The Kier molecular flexibility index (Phi) is 6.65. The molecule has 4 rings (SSSR count). The standard InChI is InChI=1S/C25H30N4O2/c1-19-6-10-21(11-7-19)25-27-26-23(31-25)14-15-24(30)28(2)18-20-8-12-22(13-9-20)29-16-4-3-5-17-29/h6-13H,3-5,14-18H2,1-2H3. The molecule has 0 spiro atoms. The van der Waals surface area contributed by atoms with E-state index in [-0.39, 0.29) is 5.91 Å². The minimum Gasteiger partial charge on any atom is -0.421 e. The van der Waals surface area contributed by atoms with E-state index in [4.69, 9.17) is 4.42 Å². The van der Waals surface area contributed by atoms with Crippen molar-refractivity contribution in [1.29, 1.82) is 0 Å². The fourth-order valence-corrected chi connectivity index (χ4v) is 3.90. The highest BCUT2D eigenvalue weighted by atomic mass is 16.4. The summed E-state index contributed by atoms with van der Waals surface area (Å²) in [5.41, 5.74) is 4.48. The maximum atomic E-state index is 12.6. The van der Waals surface area contributed by atoms with Gasteiger partial charge < -0.3 is 14.2 Å². The molecular formula is C25H30N4O2. The zero-order chi connectivity index (χ0) is 21.6. The monoisotopic (exact) mass is 418 g/mol. The predicted molar refractivity (Wildman–Crippen MR) is 122 cm³/mol. The van der Waals surface area contributed by atoms with Gasteiger partial charge >= 0.3 is 0 Å². The highest BCUT2D eigenvalue weighted by Gasteiger charge is 2.14. The molecule has 3 aromatic rings. The molecule has 0 radical (unpaired) electrons. The van der Waals surface area contributed by atoms with Gasteiger partial charge in [0.05, 0.1) is 0 Å². The van der Waals surface area contributed by atoms with Crippen molar-refractivity contribution in [3.8, 4) is 11.5 Å². The predicted octanol–water partition coefficient (Wildman–Crippen LogP) is 4.63. The number of hydrogen-bond donors (Lipinski definition) is 0. The number of nitrogens with zero attached hydrogens (tertiary/aromatic N) is 4. The van der Waals surface area contributed by atoms with Gasteiger partial charge in [-0.2, -0.15) is 0 Å². The van der Waals surface area contributed by atoms with E-state index >= 15 is 0 Å². The van der Waals surface area contributed by atoms with E-state index in [1.165, 1.54) is 30.5 Å². The normalized spacial score (nSPS) is 13.9. The summed E-state index contributed by atoms with van der Waals surface area (Å²) >= 11 is 0. The van der Waals surface area contributed by atoms with Gasteiger partial charge in [0, 0.05) is 50.8 Å². The molecule has 1 saturated heterocycles. The summed E-state index contributed by atoms with van der Waals surface area (Å²) in [5, 5.41) is 8.20. The zero-order valence-electron chi connectivity index (χ0n) is 18.4. The van der Waals surface area contributed by atoms with Crippen LogP contribution >= 0.6 is 0 Å². The van der Waals surface area contributed by atoms with Crippen molar-refractivity contribution in [2.75, 3.05) is 25.0 Å². The highest BCUT2D eigenvalue weighted by molar-refractivity contribution is 5.76. The van der Waals surface area contributed by atoms with Crippen LogP contribution in [0, 0.1) is 6.92 Å². The number of anilines is 1. The summed E-state index contributed by atoms with van der Waals surface area (Å²) in [6.45, 7) is 4.91. The molecule has 0 N–H and O–H groups in total. The van der Waals surface area contributed by atoms with Crippen molar-refractivity contribution in [1.82, 2.24) is 15.1 Å². The first-order valence-corrected chi connectivity index (χ1v) is 11.1. The summed E-state index contributed by atoms with van der Waals surface area (Å²) < 4.78 is 5.73. The number of hydrogen-bond acceptors (Lipinski definition) is 5. The minimum absolute atomic E-state index is 0.0650. The number of aromatic nitrogens is 2. The molecule has 0 aliphatic carbocycles. The molecule has 31 heavy (non-hydrogen) atoms. The summed E-state index contributed by atoms with van der Waals surface area (Å²) in [6.07, 6.45) is 4.66. The summed E-state index contributed by atoms with van der Waals surface area (Å²) in [7, 11) is 1.84. The molecule has 2 aromatic carbocycles. The molecule has 0 atom stereocenters. The van der Waals surface area contributed by atoms with Crippen LogP contribution in [0.25, 0.3) is 11.5 Å². The van der Waals surface area contributed by atoms with Crippen LogP contribution in [0.2, 0.25) is 0 Å². The molecular weight excluding hydrogens is 388 g/mol. The van der Waals surface area contributed by atoms with Gasteiger partial charge in [0.2, 0.25) is 17.7 Å². The Morgan fingerprint density at radius 2 is 1.71 bits per heavy atom. The van der Waals surface area contributed by atoms with Gasteiger partial charge in [-0.25, -0.2) is 0 Å². The molecule has 1 aliphatic rings. The van der Waals surface area contributed by atoms with E-state index in [2.05, 4.69) is 39.4 Å². The van der Waals surface area contributed by atoms with E-state index in [1.54, 1.807) is 4.90 Å². The summed E-state index contributed by atoms with van der Waals surface area (Å²) in [5.74, 6) is 1.04. The molecule has 1 aliphatic heterocycles. The summed E-state index contributed by atoms with van der Waals surface area (Å²) in [4.78, 5) is 16.8. The second-order valence-corrected chi connectivity index (χ2v) is 8.33. The maximum absolute atomic E-state index is 12.6. The Morgan fingerprint density at radius 3 is 2.42 bits per heavy atom. The molecule has 162 valence electrons. The lowest BCUT2D eigenvalue weighted by molar-refractivity contribution is -0.130. The lowest BCUT2D eigenvalue weighted by atomic mass is 10.1. The Balaban J connectivity index is 1.27. The van der Waals surface area contributed by atoms with Crippen LogP contribution in [0.5, 0.6) is 0 Å². The molecule has 0 saturated carbocycles. The molecule has 1 amide bonds. The van der Waals surface area contributed by atoms with Gasteiger partial charge in [0.1, 0.15) is 0 Å². The first-order chi connectivity index (χ1) is 15.1. The average molecular weight is 419 g/mol. The van der Waals surface area contributed by atoms with Crippen LogP contribution in [0.15, 0.2) is 52.9 Å².